The molecule has 0 bridgehead atoms. The molecule has 1 heterocycles. The minimum atomic E-state index is -0.203. The van der Waals surface area contributed by atoms with Crippen molar-refractivity contribution in [2.24, 2.45) is 11.8 Å². The number of imide groups is 1. The van der Waals surface area contributed by atoms with Crippen LogP contribution < -0.4 is 0 Å². The molecular weight excluding hydrogens is 238 g/mol. The summed E-state index contributed by atoms with van der Waals surface area (Å²) in [5.41, 5.74) is 1.83. The van der Waals surface area contributed by atoms with Gasteiger partial charge in [-0.25, -0.2) is 0 Å². The van der Waals surface area contributed by atoms with Gasteiger partial charge in [-0.3, -0.25) is 14.5 Å². The molecule has 0 radical (unpaired) electrons. The Bertz CT molecular complexity index is 551. The maximum absolute atomic E-state index is 12.5. The minimum absolute atomic E-state index is 0.0437. The minimum Gasteiger partial charge on any atom is -0.278 e. The molecule has 0 aromatic carbocycles. The lowest BCUT2D eigenvalue weighted by Crippen LogP contribution is -2.51. The van der Waals surface area contributed by atoms with E-state index >= 15 is 0 Å². The Balaban J connectivity index is 1.99. The molecule has 1 saturated heterocycles. The lowest BCUT2D eigenvalue weighted by Gasteiger charge is -2.39. The van der Waals surface area contributed by atoms with E-state index in [-0.39, 0.29) is 23.7 Å². The number of hydrogen-bond acceptors (Lipinski definition) is 2. The third-order valence-corrected chi connectivity index (χ3v) is 4.00. The quantitative estimate of drug-likeness (QED) is 0.726. The lowest BCUT2D eigenvalue weighted by atomic mass is 9.71. The van der Waals surface area contributed by atoms with Gasteiger partial charge in [-0.2, -0.15) is 0 Å². The largest absolute Gasteiger partial charge is 0.278 e. The molecular formula is C16H17NO2. The van der Waals surface area contributed by atoms with Gasteiger partial charge in [0.05, 0.1) is 5.92 Å². The first-order valence-corrected chi connectivity index (χ1v) is 6.86. The van der Waals surface area contributed by atoms with Gasteiger partial charge in [0.15, 0.2) is 0 Å². The van der Waals surface area contributed by atoms with Crippen LogP contribution in [0.25, 0.3) is 0 Å². The Morgan fingerprint density at radius 1 is 1.21 bits per heavy atom. The van der Waals surface area contributed by atoms with Crippen LogP contribution in [0.5, 0.6) is 0 Å². The van der Waals surface area contributed by atoms with E-state index in [1.54, 1.807) is 0 Å². The van der Waals surface area contributed by atoms with Crippen molar-refractivity contribution in [2.75, 3.05) is 6.54 Å². The molecule has 3 heteroatoms. The summed E-state index contributed by atoms with van der Waals surface area (Å²) in [5, 5.41) is 0. The molecule has 0 spiro atoms. The molecule has 0 saturated carbocycles. The Morgan fingerprint density at radius 2 is 2.05 bits per heavy atom. The smallest absolute Gasteiger partial charge is 0.257 e. The van der Waals surface area contributed by atoms with E-state index in [0.29, 0.717) is 6.54 Å². The second-order valence-electron chi connectivity index (χ2n) is 5.18. The Morgan fingerprint density at radius 3 is 2.84 bits per heavy atom. The zero-order valence-electron chi connectivity index (χ0n) is 11.0. The van der Waals surface area contributed by atoms with E-state index < -0.39 is 0 Å². The predicted molar refractivity (Wildman–Crippen MR) is 73.1 cm³/mol. The fourth-order valence-corrected chi connectivity index (χ4v) is 3.00. The number of carbonyl (C=O) groups is 2. The summed E-state index contributed by atoms with van der Waals surface area (Å²) < 4.78 is 0. The molecule has 2 amide bonds. The average molecular weight is 255 g/mol. The molecule has 0 aromatic heterocycles. The number of rotatable bonds is 3. The highest BCUT2D eigenvalue weighted by Gasteiger charge is 2.45. The molecule has 0 N–H and O–H groups in total. The molecule has 98 valence electrons. The maximum atomic E-state index is 12.5. The third kappa shape index (κ3) is 1.81. The molecule has 3 rings (SSSR count). The Kier molecular flexibility index (Phi) is 2.97. The van der Waals surface area contributed by atoms with Crippen LogP contribution in [0.1, 0.15) is 19.8 Å². The van der Waals surface area contributed by atoms with E-state index in [1.165, 1.54) is 4.90 Å². The van der Waals surface area contributed by atoms with Crippen molar-refractivity contribution in [2.45, 2.75) is 19.8 Å². The topological polar surface area (TPSA) is 37.4 Å². The zero-order chi connectivity index (χ0) is 13.4. The number of hydrogen-bond donors (Lipinski definition) is 0. The van der Waals surface area contributed by atoms with Gasteiger partial charge in [0.1, 0.15) is 0 Å². The first-order chi connectivity index (χ1) is 9.24. The van der Waals surface area contributed by atoms with Crippen LogP contribution in [0.15, 0.2) is 47.6 Å². The van der Waals surface area contributed by atoms with Crippen LogP contribution in [-0.4, -0.2) is 23.3 Å². The van der Waals surface area contributed by atoms with E-state index in [9.17, 15) is 9.59 Å². The van der Waals surface area contributed by atoms with Crippen LogP contribution in [0.4, 0.5) is 0 Å². The summed E-state index contributed by atoms with van der Waals surface area (Å²) in [5.74, 6) is -0.415. The molecule has 19 heavy (non-hydrogen) atoms. The van der Waals surface area contributed by atoms with Crippen molar-refractivity contribution in [1.29, 1.82) is 0 Å². The van der Waals surface area contributed by atoms with Crippen LogP contribution in [0, 0.1) is 11.8 Å². The van der Waals surface area contributed by atoms with E-state index in [4.69, 9.17) is 0 Å². The molecule has 0 aromatic rings. The van der Waals surface area contributed by atoms with Gasteiger partial charge in [0.25, 0.3) is 5.91 Å². The maximum Gasteiger partial charge on any atom is 0.257 e. The van der Waals surface area contributed by atoms with Crippen LogP contribution in [-0.2, 0) is 9.59 Å². The number of likely N-dealkylation sites (tertiary alicyclic amines) is 1. The van der Waals surface area contributed by atoms with Gasteiger partial charge in [0.2, 0.25) is 5.91 Å². The first kappa shape index (κ1) is 12.2. The van der Waals surface area contributed by atoms with Crippen molar-refractivity contribution in [1.82, 2.24) is 4.90 Å². The standard InChI is InChI=1S/C16H17NO2/c1-2-3-10-17-15(18)12-8-4-6-11-7-5-9-13(14(11)12)16(17)19/h4-9,12,14H,2-3,10H2,1H3. The number of piperidine rings is 1. The highest BCUT2D eigenvalue weighted by molar-refractivity contribution is 6.10. The summed E-state index contributed by atoms with van der Waals surface area (Å²) in [4.78, 5) is 26.4. The molecule has 1 fully saturated rings. The Labute approximate surface area is 113 Å². The van der Waals surface area contributed by atoms with Crippen molar-refractivity contribution < 1.29 is 9.59 Å². The van der Waals surface area contributed by atoms with Gasteiger partial charge in [0, 0.05) is 18.0 Å². The van der Waals surface area contributed by atoms with Crippen LogP contribution in [0.2, 0.25) is 0 Å². The van der Waals surface area contributed by atoms with Crippen molar-refractivity contribution in [3.05, 3.63) is 47.6 Å². The normalized spacial score (nSPS) is 28.2. The SMILES string of the molecule is CCCCN1C(=O)C2=CC=CC3=CC=CC(C1=O)C32. The number of unbranched alkanes of at least 4 members (excludes halogenated alkanes) is 1. The summed E-state index contributed by atoms with van der Waals surface area (Å²) in [7, 11) is 0. The van der Waals surface area contributed by atoms with Gasteiger partial charge in [-0.1, -0.05) is 49.8 Å². The summed E-state index contributed by atoms with van der Waals surface area (Å²) in [6, 6.07) is 0. The molecule has 2 aliphatic carbocycles. The predicted octanol–water partition coefficient (Wildman–Crippen LogP) is 2.38. The number of allylic oxidation sites excluding steroid dienone is 6. The molecule has 2 atom stereocenters. The average Bonchev–Trinajstić information content (AvgIpc) is 2.44. The number of carbonyl (C=O) groups excluding carboxylic acids is 2. The highest BCUT2D eigenvalue weighted by Crippen LogP contribution is 2.41. The van der Waals surface area contributed by atoms with E-state index in [1.807, 2.05) is 36.5 Å². The molecule has 1 aliphatic heterocycles. The zero-order valence-corrected chi connectivity index (χ0v) is 11.0. The Hall–Kier alpha value is -1.90. The van der Waals surface area contributed by atoms with Gasteiger partial charge < -0.3 is 0 Å². The van der Waals surface area contributed by atoms with Crippen LogP contribution >= 0.6 is 0 Å². The fraction of sp³-hybridized carbons (Fsp3) is 0.375. The summed E-state index contributed by atoms with van der Waals surface area (Å²) >= 11 is 0. The van der Waals surface area contributed by atoms with E-state index in [0.717, 1.165) is 24.0 Å². The van der Waals surface area contributed by atoms with Crippen molar-refractivity contribution in [3.63, 3.8) is 0 Å². The van der Waals surface area contributed by atoms with Gasteiger partial charge >= 0.3 is 0 Å². The van der Waals surface area contributed by atoms with Gasteiger partial charge in [-0.15, -0.1) is 0 Å². The summed E-state index contributed by atoms with van der Waals surface area (Å²) in [6.45, 7) is 2.59. The second-order valence-corrected chi connectivity index (χ2v) is 5.18. The van der Waals surface area contributed by atoms with Crippen molar-refractivity contribution >= 4 is 11.8 Å². The third-order valence-electron chi connectivity index (χ3n) is 4.00. The van der Waals surface area contributed by atoms with Crippen LogP contribution in [0.3, 0.4) is 0 Å². The lowest BCUT2D eigenvalue weighted by molar-refractivity contribution is -0.148. The van der Waals surface area contributed by atoms with Gasteiger partial charge in [-0.05, 0) is 12.0 Å². The molecule has 2 unspecified atom stereocenters. The second kappa shape index (κ2) is 4.65. The highest BCUT2D eigenvalue weighted by atomic mass is 16.2. The monoisotopic (exact) mass is 255 g/mol. The van der Waals surface area contributed by atoms with Crippen molar-refractivity contribution in [3.8, 4) is 0 Å². The summed E-state index contributed by atoms with van der Waals surface area (Å²) in [6.07, 6.45) is 13.4. The number of amides is 2. The first-order valence-electron chi connectivity index (χ1n) is 6.86. The molecule has 3 nitrogen and oxygen atoms in total. The fourth-order valence-electron chi connectivity index (χ4n) is 3.00. The van der Waals surface area contributed by atoms with E-state index in [2.05, 4.69) is 6.92 Å². The molecule has 3 aliphatic rings. The number of nitrogens with zero attached hydrogens (tertiary/aromatic N) is 1.